The van der Waals surface area contributed by atoms with Gasteiger partial charge in [0.15, 0.2) is 0 Å². The van der Waals surface area contributed by atoms with Gasteiger partial charge < -0.3 is 4.74 Å². The SMILES string of the molecule is CC(C)Oc1ccc(Br)cc1C(=O)N/N=C\c1ccc([N+](=O)[O-])cc1. The van der Waals surface area contributed by atoms with Crippen molar-refractivity contribution in [2.24, 2.45) is 5.10 Å². The molecule has 0 fully saturated rings. The fourth-order valence-electron chi connectivity index (χ4n) is 1.94. The molecular formula is C17H16BrN3O4. The van der Waals surface area contributed by atoms with Gasteiger partial charge in [-0.2, -0.15) is 5.10 Å². The number of halogens is 1. The Morgan fingerprint density at radius 1 is 1.28 bits per heavy atom. The summed E-state index contributed by atoms with van der Waals surface area (Å²) in [6.45, 7) is 3.74. The number of amides is 1. The second-order valence-electron chi connectivity index (χ2n) is 5.35. The predicted molar refractivity (Wildman–Crippen MR) is 98.1 cm³/mol. The minimum absolute atomic E-state index is 0.00852. The van der Waals surface area contributed by atoms with E-state index in [9.17, 15) is 14.9 Å². The molecule has 1 N–H and O–H groups in total. The Kier molecular flexibility index (Phi) is 6.24. The van der Waals surface area contributed by atoms with Crippen molar-refractivity contribution in [3.63, 3.8) is 0 Å². The van der Waals surface area contributed by atoms with Crippen molar-refractivity contribution in [3.05, 3.63) is 68.2 Å². The second-order valence-corrected chi connectivity index (χ2v) is 6.27. The number of carbonyl (C=O) groups excluding carboxylic acids is 1. The van der Waals surface area contributed by atoms with Crippen molar-refractivity contribution in [1.29, 1.82) is 0 Å². The summed E-state index contributed by atoms with van der Waals surface area (Å²) in [5.41, 5.74) is 3.39. The van der Waals surface area contributed by atoms with E-state index in [0.29, 0.717) is 16.9 Å². The first-order valence-corrected chi connectivity index (χ1v) is 8.20. The molecule has 2 aromatic carbocycles. The van der Waals surface area contributed by atoms with Crippen LogP contribution in [-0.2, 0) is 0 Å². The van der Waals surface area contributed by atoms with E-state index in [4.69, 9.17) is 4.74 Å². The second kappa shape index (κ2) is 8.39. The average molecular weight is 406 g/mol. The van der Waals surface area contributed by atoms with E-state index in [1.165, 1.54) is 18.3 Å². The molecule has 130 valence electrons. The molecule has 0 aliphatic heterocycles. The molecule has 0 atom stereocenters. The van der Waals surface area contributed by atoms with Gasteiger partial charge in [0, 0.05) is 16.6 Å². The highest BCUT2D eigenvalue weighted by molar-refractivity contribution is 9.10. The summed E-state index contributed by atoms with van der Waals surface area (Å²) in [5.74, 6) is 0.0383. The Balaban J connectivity index is 2.09. The smallest absolute Gasteiger partial charge is 0.275 e. The van der Waals surface area contributed by atoms with E-state index in [2.05, 4.69) is 26.5 Å². The Bertz CT molecular complexity index is 804. The van der Waals surface area contributed by atoms with Gasteiger partial charge in [0.25, 0.3) is 11.6 Å². The maximum atomic E-state index is 12.3. The van der Waals surface area contributed by atoms with E-state index in [0.717, 1.165) is 4.47 Å². The minimum atomic E-state index is -0.480. The lowest BCUT2D eigenvalue weighted by Crippen LogP contribution is -2.20. The first-order valence-electron chi connectivity index (χ1n) is 7.41. The fraction of sp³-hybridized carbons (Fsp3) is 0.176. The topological polar surface area (TPSA) is 93.8 Å². The molecule has 25 heavy (non-hydrogen) atoms. The van der Waals surface area contributed by atoms with Gasteiger partial charge in [-0.25, -0.2) is 5.43 Å². The van der Waals surface area contributed by atoms with Crippen molar-refractivity contribution in [3.8, 4) is 5.75 Å². The Morgan fingerprint density at radius 3 is 2.56 bits per heavy atom. The number of nitro groups is 1. The molecule has 0 aliphatic carbocycles. The molecule has 2 aromatic rings. The van der Waals surface area contributed by atoms with Crippen LogP contribution in [0.15, 0.2) is 52.0 Å². The van der Waals surface area contributed by atoms with E-state index >= 15 is 0 Å². The molecule has 0 saturated carbocycles. The Hall–Kier alpha value is -2.74. The van der Waals surface area contributed by atoms with Gasteiger partial charge in [0.1, 0.15) is 5.75 Å². The van der Waals surface area contributed by atoms with Crippen molar-refractivity contribution < 1.29 is 14.5 Å². The van der Waals surface area contributed by atoms with E-state index in [-0.39, 0.29) is 11.8 Å². The maximum Gasteiger partial charge on any atom is 0.275 e. The molecule has 0 aromatic heterocycles. The molecule has 0 saturated heterocycles. The zero-order valence-electron chi connectivity index (χ0n) is 13.6. The van der Waals surface area contributed by atoms with Crippen molar-refractivity contribution in [1.82, 2.24) is 5.43 Å². The van der Waals surface area contributed by atoms with Crippen LogP contribution in [-0.4, -0.2) is 23.1 Å². The lowest BCUT2D eigenvalue weighted by atomic mass is 10.2. The Labute approximate surface area is 153 Å². The van der Waals surface area contributed by atoms with Gasteiger partial charge in [-0.15, -0.1) is 0 Å². The van der Waals surface area contributed by atoms with Gasteiger partial charge >= 0.3 is 0 Å². The molecule has 7 nitrogen and oxygen atoms in total. The van der Waals surface area contributed by atoms with Crippen LogP contribution in [0, 0.1) is 10.1 Å². The third-order valence-electron chi connectivity index (χ3n) is 3.03. The highest BCUT2D eigenvalue weighted by atomic mass is 79.9. The average Bonchev–Trinajstić information content (AvgIpc) is 2.56. The van der Waals surface area contributed by atoms with Gasteiger partial charge in [-0.1, -0.05) is 15.9 Å². The lowest BCUT2D eigenvalue weighted by Gasteiger charge is -2.13. The number of rotatable bonds is 6. The van der Waals surface area contributed by atoms with Crippen molar-refractivity contribution in [2.45, 2.75) is 20.0 Å². The third kappa shape index (κ3) is 5.39. The van der Waals surface area contributed by atoms with E-state index in [1.54, 1.807) is 30.3 Å². The number of benzene rings is 2. The normalized spacial score (nSPS) is 10.9. The summed E-state index contributed by atoms with van der Waals surface area (Å²) in [5, 5.41) is 14.5. The molecular weight excluding hydrogens is 390 g/mol. The maximum absolute atomic E-state index is 12.3. The zero-order valence-corrected chi connectivity index (χ0v) is 15.2. The number of nitrogens with one attached hydrogen (secondary N) is 1. The van der Waals surface area contributed by atoms with Crippen molar-refractivity contribution >= 4 is 33.7 Å². The molecule has 2 rings (SSSR count). The quantitative estimate of drug-likeness (QED) is 0.447. The summed E-state index contributed by atoms with van der Waals surface area (Å²) in [6.07, 6.45) is 1.33. The number of hydrazone groups is 1. The predicted octanol–water partition coefficient (Wildman–Crippen LogP) is 3.91. The third-order valence-corrected chi connectivity index (χ3v) is 3.53. The first kappa shape index (κ1) is 18.6. The van der Waals surface area contributed by atoms with Crippen LogP contribution in [0.4, 0.5) is 5.69 Å². The highest BCUT2D eigenvalue weighted by Gasteiger charge is 2.14. The molecule has 0 bridgehead atoms. The summed E-state index contributed by atoms with van der Waals surface area (Å²) < 4.78 is 6.37. The number of nitro benzene ring substituents is 1. The van der Waals surface area contributed by atoms with Crippen LogP contribution in [0.1, 0.15) is 29.8 Å². The van der Waals surface area contributed by atoms with Gasteiger partial charge in [0.2, 0.25) is 0 Å². The summed E-state index contributed by atoms with van der Waals surface area (Å²) in [6, 6.07) is 11.0. The molecule has 0 radical (unpaired) electrons. The lowest BCUT2D eigenvalue weighted by molar-refractivity contribution is -0.384. The molecule has 8 heteroatoms. The van der Waals surface area contributed by atoms with Gasteiger partial charge in [0.05, 0.1) is 22.8 Å². The standard InChI is InChI=1S/C17H16BrN3O4/c1-11(2)25-16-8-5-13(18)9-15(16)17(22)20-19-10-12-3-6-14(7-4-12)21(23)24/h3-11H,1-2H3,(H,20,22)/b19-10-. The number of hydrogen-bond acceptors (Lipinski definition) is 5. The molecule has 1 amide bonds. The minimum Gasteiger partial charge on any atom is -0.490 e. The summed E-state index contributed by atoms with van der Waals surface area (Å²) in [7, 11) is 0. The highest BCUT2D eigenvalue weighted by Crippen LogP contribution is 2.24. The Morgan fingerprint density at radius 2 is 1.96 bits per heavy atom. The molecule has 0 spiro atoms. The number of nitrogens with zero attached hydrogens (tertiary/aromatic N) is 2. The number of hydrogen-bond donors (Lipinski definition) is 1. The summed E-state index contributed by atoms with van der Waals surface area (Å²) >= 11 is 3.33. The largest absolute Gasteiger partial charge is 0.490 e. The van der Waals surface area contributed by atoms with Crippen LogP contribution in [0.3, 0.4) is 0 Å². The zero-order chi connectivity index (χ0) is 18.4. The fourth-order valence-corrected chi connectivity index (χ4v) is 2.31. The van der Waals surface area contributed by atoms with Crippen molar-refractivity contribution in [2.75, 3.05) is 0 Å². The molecule has 0 aliphatic rings. The number of carbonyl (C=O) groups is 1. The van der Waals surface area contributed by atoms with Crippen LogP contribution in [0.5, 0.6) is 5.75 Å². The molecule has 0 unspecified atom stereocenters. The van der Waals surface area contributed by atoms with Crippen LogP contribution in [0.25, 0.3) is 0 Å². The van der Waals surface area contributed by atoms with E-state index in [1.807, 2.05) is 13.8 Å². The van der Waals surface area contributed by atoms with Crippen LogP contribution < -0.4 is 10.2 Å². The van der Waals surface area contributed by atoms with Crippen LogP contribution in [0.2, 0.25) is 0 Å². The van der Waals surface area contributed by atoms with E-state index < -0.39 is 10.8 Å². The van der Waals surface area contributed by atoms with Gasteiger partial charge in [-0.05, 0) is 49.7 Å². The first-order chi connectivity index (χ1) is 11.9. The summed E-state index contributed by atoms with van der Waals surface area (Å²) in [4.78, 5) is 22.4. The van der Waals surface area contributed by atoms with Crippen LogP contribution >= 0.6 is 15.9 Å². The monoisotopic (exact) mass is 405 g/mol. The van der Waals surface area contributed by atoms with Gasteiger partial charge in [-0.3, -0.25) is 14.9 Å². The number of non-ortho nitro benzene ring substituents is 1. The number of ether oxygens (including phenoxy) is 1. The molecule has 0 heterocycles.